The summed E-state index contributed by atoms with van der Waals surface area (Å²) in [5.41, 5.74) is 3.77. The van der Waals surface area contributed by atoms with Crippen LogP contribution in [0.25, 0.3) is 28.0 Å². The normalized spacial score (nSPS) is 11.0. The molecule has 2 aromatic carbocycles. The van der Waals surface area contributed by atoms with Gasteiger partial charge in [0.1, 0.15) is 11.2 Å². The fourth-order valence-electron chi connectivity index (χ4n) is 2.54. The van der Waals surface area contributed by atoms with Crippen molar-refractivity contribution in [3.8, 4) is 12.3 Å². The van der Waals surface area contributed by atoms with Crippen LogP contribution in [0.2, 0.25) is 0 Å². The number of hydrogen-bond donors (Lipinski definition) is 0. The maximum Gasteiger partial charge on any atom is 0.201 e. The maximum absolute atomic E-state index is 12.9. The third-order valence-corrected chi connectivity index (χ3v) is 3.89. The summed E-state index contributed by atoms with van der Waals surface area (Å²) in [5, 5.41) is 1.13. The van der Waals surface area contributed by atoms with Crippen molar-refractivity contribution in [3.05, 3.63) is 63.3 Å². The van der Waals surface area contributed by atoms with Crippen molar-refractivity contribution < 1.29 is 4.42 Å². The first-order valence-corrected chi connectivity index (χ1v) is 8.28. The highest BCUT2D eigenvalue weighted by molar-refractivity contribution is 5.96. The minimum absolute atomic E-state index is 0.0379. The van der Waals surface area contributed by atoms with E-state index in [1.54, 1.807) is 18.2 Å². The number of allylic oxidation sites excluding steroid dienone is 1. The molecule has 0 radical (unpaired) electrons. The zero-order valence-corrected chi connectivity index (χ0v) is 14.6. The van der Waals surface area contributed by atoms with Gasteiger partial charge in [-0.1, -0.05) is 50.5 Å². The minimum Gasteiger partial charge on any atom is -0.456 e. The third kappa shape index (κ3) is 3.12. The van der Waals surface area contributed by atoms with E-state index in [0.29, 0.717) is 27.5 Å². The number of rotatable bonds is 2. The van der Waals surface area contributed by atoms with E-state index in [0.717, 1.165) is 17.6 Å². The van der Waals surface area contributed by atoms with Gasteiger partial charge in [0.05, 0.1) is 10.8 Å². The molecule has 0 N–H and O–H groups in total. The van der Waals surface area contributed by atoms with Gasteiger partial charge in [0, 0.05) is 11.1 Å². The molecule has 0 aliphatic carbocycles. The van der Waals surface area contributed by atoms with Gasteiger partial charge in [0.2, 0.25) is 5.43 Å². The van der Waals surface area contributed by atoms with Gasteiger partial charge in [0.25, 0.3) is 0 Å². The number of benzene rings is 2. The number of hydrogen-bond acceptors (Lipinski definition) is 2. The molecule has 0 spiro atoms. The van der Waals surface area contributed by atoms with E-state index >= 15 is 0 Å². The summed E-state index contributed by atoms with van der Waals surface area (Å²) in [4.78, 5) is 12.9. The second-order valence-electron chi connectivity index (χ2n) is 5.32. The molecule has 0 bridgehead atoms. The first-order valence-electron chi connectivity index (χ1n) is 8.28. The SMILES string of the molecule is C#Cc1ccc2oc3ccccc3c(=O)c2c1/C=C(\C)CC.CC. The molecule has 2 heteroatoms. The lowest BCUT2D eigenvalue weighted by Crippen LogP contribution is -2.05. The highest BCUT2D eigenvalue weighted by atomic mass is 16.3. The predicted molar refractivity (Wildman–Crippen MR) is 103 cm³/mol. The summed E-state index contributed by atoms with van der Waals surface area (Å²) in [6, 6.07) is 10.9. The Bertz CT molecular complexity index is 998. The molecule has 0 saturated heterocycles. The van der Waals surface area contributed by atoms with E-state index in [1.165, 1.54) is 0 Å². The van der Waals surface area contributed by atoms with Crippen LogP contribution in [0.5, 0.6) is 0 Å². The summed E-state index contributed by atoms with van der Waals surface area (Å²) in [6.45, 7) is 8.10. The maximum atomic E-state index is 12.9. The third-order valence-electron chi connectivity index (χ3n) is 3.89. The summed E-state index contributed by atoms with van der Waals surface area (Å²) in [5.74, 6) is 2.67. The van der Waals surface area contributed by atoms with E-state index < -0.39 is 0 Å². The van der Waals surface area contributed by atoms with Crippen LogP contribution in [0, 0.1) is 12.3 Å². The van der Waals surface area contributed by atoms with E-state index in [-0.39, 0.29) is 5.43 Å². The first-order chi connectivity index (χ1) is 11.7. The molecule has 1 aromatic heterocycles. The summed E-state index contributed by atoms with van der Waals surface area (Å²) in [7, 11) is 0. The summed E-state index contributed by atoms with van der Waals surface area (Å²) < 4.78 is 5.88. The number of fused-ring (bicyclic) bond motifs is 2. The van der Waals surface area contributed by atoms with Gasteiger partial charge in [-0.15, -0.1) is 6.42 Å². The zero-order chi connectivity index (χ0) is 17.7. The van der Waals surface area contributed by atoms with Crippen molar-refractivity contribution in [2.24, 2.45) is 0 Å². The molecule has 0 aliphatic heterocycles. The molecule has 3 rings (SSSR count). The summed E-state index contributed by atoms with van der Waals surface area (Å²) >= 11 is 0. The average molecular weight is 318 g/mol. The second kappa shape index (κ2) is 7.66. The smallest absolute Gasteiger partial charge is 0.201 e. The molecule has 122 valence electrons. The van der Waals surface area contributed by atoms with Crippen LogP contribution >= 0.6 is 0 Å². The van der Waals surface area contributed by atoms with Crippen LogP contribution in [0.15, 0.2) is 51.2 Å². The van der Waals surface area contributed by atoms with Crippen molar-refractivity contribution in [2.75, 3.05) is 0 Å². The number of para-hydroxylation sites is 1. The molecule has 0 fully saturated rings. The first kappa shape index (κ1) is 17.6. The van der Waals surface area contributed by atoms with Gasteiger partial charge in [-0.05, 0) is 37.6 Å². The van der Waals surface area contributed by atoms with Gasteiger partial charge in [-0.25, -0.2) is 0 Å². The van der Waals surface area contributed by atoms with E-state index in [4.69, 9.17) is 10.8 Å². The quantitative estimate of drug-likeness (QED) is 0.444. The minimum atomic E-state index is -0.0379. The fourth-order valence-corrected chi connectivity index (χ4v) is 2.54. The highest BCUT2D eigenvalue weighted by Crippen LogP contribution is 2.26. The van der Waals surface area contributed by atoms with E-state index in [1.807, 2.05) is 45.0 Å². The lowest BCUT2D eigenvalue weighted by atomic mass is 9.98. The molecular formula is C22H22O2. The molecule has 0 aliphatic rings. The van der Waals surface area contributed by atoms with E-state index in [2.05, 4.69) is 12.8 Å². The predicted octanol–water partition coefficient (Wildman–Crippen LogP) is 5.77. The van der Waals surface area contributed by atoms with Gasteiger partial charge < -0.3 is 4.42 Å². The Hall–Kier alpha value is -2.79. The van der Waals surface area contributed by atoms with Crippen molar-refractivity contribution in [3.63, 3.8) is 0 Å². The van der Waals surface area contributed by atoms with Crippen LogP contribution in [0.1, 0.15) is 45.2 Å². The standard InChI is InChI=1S/C20H16O2.C2H6/c1-4-13(3)12-16-14(5-2)10-11-18-19(16)20(21)15-8-6-7-9-17(15)22-18;1-2/h2,6-12H,4H2,1,3H3;1-2H3/b13-12+;. The van der Waals surface area contributed by atoms with Crippen molar-refractivity contribution >= 4 is 28.0 Å². The Morgan fingerprint density at radius 1 is 1.17 bits per heavy atom. The Labute approximate surface area is 142 Å². The van der Waals surface area contributed by atoms with Gasteiger partial charge in [-0.2, -0.15) is 0 Å². The van der Waals surface area contributed by atoms with Crippen LogP contribution in [-0.4, -0.2) is 0 Å². The molecule has 24 heavy (non-hydrogen) atoms. The summed E-state index contributed by atoms with van der Waals surface area (Å²) in [6.07, 6.45) is 8.50. The molecule has 0 unspecified atom stereocenters. The van der Waals surface area contributed by atoms with Gasteiger partial charge in [0.15, 0.2) is 0 Å². The molecular weight excluding hydrogens is 296 g/mol. The second-order valence-corrected chi connectivity index (χ2v) is 5.32. The van der Waals surface area contributed by atoms with Crippen LogP contribution in [0.4, 0.5) is 0 Å². The largest absolute Gasteiger partial charge is 0.456 e. The molecule has 0 amide bonds. The van der Waals surface area contributed by atoms with Crippen molar-refractivity contribution in [2.45, 2.75) is 34.1 Å². The Balaban J connectivity index is 0.00000100. The van der Waals surface area contributed by atoms with Gasteiger partial charge >= 0.3 is 0 Å². The monoisotopic (exact) mass is 318 g/mol. The Morgan fingerprint density at radius 3 is 2.54 bits per heavy atom. The van der Waals surface area contributed by atoms with Crippen LogP contribution < -0.4 is 5.43 Å². The molecule has 0 saturated carbocycles. The topological polar surface area (TPSA) is 30.2 Å². The van der Waals surface area contributed by atoms with Crippen LogP contribution in [-0.2, 0) is 0 Å². The lowest BCUT2D eigenvalue weighted by Gasteiger charge is -2.07. The molecule has 2 nitrogen and oxygen atoms in total. The molecule has 3 aromatic rings. The Morgan fingerprint density at radius 2 is 1.88 bits per heavy atom. The highest BCUT2D eigenvalue weighted by Gasteiger charge is 2.13. The molecule has 0 atom stereocenters. The van der Waals surface area contributed by atoms with Crippen molar-refractivity contribution in [1.82, 2.24) is 0 Å². The lowest BCUT2D eigenvalue weighted by molar-refractivity contribution is 0.660. The fraction of sp³-hybridized carbons (Fsp3) is 0.227. The van der Waals surface area contributed by atoms with E-state index in [9.17, 15) is 4.79 Å². The number of terminal acetylenes is 1. The van der Waals surface area contributed by atoms with Gasteiger partial charge in [-0.3, -0.25) is 4.79 Å². The molecule has 1 heterocycles. The van der Waals surface area contributed by atoms with Crippen LogP contribution in [0.3, 0.4) is 0 Å². The Kier molecular flexibility index (Phi) is 5.60. The average Bonchev–Trinajstić information content (AvgIpc) is 2.63. The van der Waals surface area contributed by atoms with Crippen molar-refractivity contribution in [1.29, 1.82) is 0 Å². The zero-order valence-electron chi connectivity index (χ0n) is 14.6.